The second-order valence-corrected chi connectivity index (χ2v) is 3.67. The summed E-state index contributed by atoms with van der Waals surface area (Å²) in [4.78, 5) is 26.1. The van der Waals surface area contributed by atoms with Crippen LogP contribution in [0, 0.1) is 5.82 Å². The quantitative estimate of drug-likeness (QED) is 0.886. The van der Waals surface area contributed by atoms with Gasteiger partial charge in [-0.2, -0.15) is 0 Å². The summed E-state index contributed by atoms with van der Waals surface area (Å²) in [6.45, 7) is 0. The van der Waals surface area contributed by atoms with Crippen molar-refractivity contribution in [3.63, 3.8) is 0 Å². The fourth-order valence-electron chi connectivity index (χ4n) is 1.47. The number of carbonyl (C=O) groups excluding carboxylic acids is 1. The van der Waals surface area contributed by atoms with Crippen LogP contribution >= 0.6 is 0 Å². The Kier molecular flexibility index (Phi) is 3.51. The van der Waals surface area contributed by atoms with Gasteiger partial charge < -0.3 is 10.4 Å². The molecule has 1 heterocycles. The molecule has 2 rings (SSSR count). The third kappa shape index (κ3) is 2.92. The minimum absolute atomic E-state index is 0.115. The van der Waals surface area contributed by atoms with E-state index in [9.17, 15) is 14.0 Å². The van der Waals surface area contributed by atoms with Crippen molar-refractivity contribution in [1.82, 2.24) is 4.98 Å². The van der Waals surface area contributed by atoms with Gasteiger partial charge in [-0.25, -0.2) is 14.2 Å². The van der Waals surface area contributed by atoms with E-state index in [1.54, 1.807) is 0 Å². The second kappa shape index (κ2) is 5.26. The zero-order valence-corrected chi connectivity index (χ0v) is 9.63. The molecule has 0 saturated carbocycles. The number of rotatable bonds is 3. The monoisotopic (exact) mass is 260 g/mol. The summed E-state index contributed by atoms with van der Waals surface area (Å²) in [7, 11) is 0. The van der Waals surface area contributed by atoms with Gasteiger partial charge in [-0.15, -0.1) is 0 Å². The standard InChI is InChI=1S/C13H9FN2O3/c14-10-4-2-1-3-9(10)12(17)16-8-5-6-15-11(7-8)13(18)19/h1-7H,(H,18,19)(H,15,16,17). The maximum Gasteiger partial charge on any atom is 0.354 e. The van der Waals surface area contributed by atoms with Crippen molar-refractivity contribution < 1.29 is 19.1 Å². The van der Waals surface area contributed by atoms with Gasteiger partial charge in [0.1, 0.15) is 11.5 Å². The number of carboxylic acids is 1. The van der Waals surface area contributed by atoms with Crippen LogP contribution in [-0.2, 0) is 0 Å². The Balaban J connectivity index is 2.22. The molecular weight excluding hydrogens is 251 g/mol. The van der Waals surface area contributed by atoms with Crippen LogP contribution in [-0.4, -0.2) is 22.0 Å². The molecule has 0 aliphatic carbocycles. The predicted octanol–water partition coefficient (Wildman–Crippen LogP) is 2.17. The van der Waals surface area contributed by atoms with Crippen molar-refractivity contribution in [2.24, 2.45) is 0 Å². The zero-order chi connectivity index (χ0) is 13.8. The number of carbonyl (C=O) groups is 2. The molecule has 2 N–H and O–H groups in total. The molecule has 0 aliphatic rings. The van der Waals surface area contributed by atoms with E-state index in [2.05, 4.69) is 10.3 Å². The van der Waals surface area contributed by atoms with Gasteiger partial charge in [-0.1, -0.05) is 12.1 Å². The molecule has 6 heteroatoms. The summed E-state index contributed by atoms with van der Waals surface area (Å²) >= 11 is 0. The third-order valence-electron chi connectivity index (χ3n) is 2.36. The van der Waals surface area contributed by atoms with E-state index in [0.29, 0.717) is 0 Å². The molecule has 0 bridgehead atoms. The minimum atomic E-state index is -1.21. The van der Waals surface area contributed by atoms with Crippen molar-refractivity contribution in [3.8, 4) is 0 Å². The molecular formula is C13H9FN2O3. The highest BCUT2D eigenvalue weighted by Crippen LogP contribution is 2.12. The summed E-state index contributed by atoms with van der Waals surface area (Å²) in [5.41, 5.74) is -0.0804. The number of nitrogens with one attached hydrogen (secondary N) is 1. The molecule has 0 atom stereocenters. The lowest BCUT2D eigenvalue weighted by atomic mass is 10.2. The zero-order valence-electron chi connectivity index (χ0n) is 9.63. The van der Waals surface area contributed by atoms with Gasteiger partial charge in [-0.3, -0.25) is 4.79 Å². The Hall–Kier alpha value is -2.76. The predicted molar refractivity (Wildman–Crippen MR) is 65.5 cm³/mol. The first-order chi connectivity index (χ1) is 9.08. The number of anilines is 1. The van der Waals surface area contributed by atoms with Crippen LogP contribution < -0.4 is 5.32 Å². The topological polar surface area (TPSA) is 79.3 Å². The molecule has 1 aromatic carbocycles. The smallest absolute Gasteiger partial charge is 0.354 e. The van der Waals surface area contributed by atoms with Crippen molar-refractivity contribution in [3.05, 3.63) is 59.7 Å². The van der Waals surface area contributed by atoms with Gasteiger partial charge in [0.2, 0.25) is 0 Å². The molecule has 1 aromatic heterocycles. The number of aromatic carboxylic acids is 1. The van der Waals surface area contributed by atoms with E-state index in [1.807, 2.05) is 0 Å². The first kappa shape index (κ1) is 12.7. The summed E-state index contributed by atoms with van der Waals surface area (Å²) in [5, 5.41) is 11.2. The lowest BCUT2D eigenvalue weighted by Crippen LogP contribution is -2.14. The minimum Gasteiger partial charge on any atom is -0.477 e. The van der Waals surface area contributed by atoms with Crippen molar-refractivity contribution in [2.75, 3.05) is 5.32 Å². The highest BCUT2D eigenvalue weighted by molar-refractivity contribution is 6.04. The molecule has 0 fully saturated rings. The Morgan fingerprint density at radius 2 is 1.95 bits per heavy atom. The molecule has 2 aromatic rings. The molecule has 5 nitrogen and oxygen atoms in total. The number of benzene rings is 1. The molecule has 0 spiro atoms. The second-order valence-electron chi connectivity index (χ2n) is 3.67. The third-order valence-corrected chi connectivity index (χ3v) is 2.36. The van der Waals surface area contributed by atoms with Crippen molar-refractivity contribution >= 4 is 17.6 Å². The highest BCUT2D eigenvalue weighted by Gasteiger charge is 2.12. The molecule has 0 radical (unpaired) electrons. The van der Waals surface area contributed by atoms with Crippen molar-refractivity contribution in [2.45, 2.75) is 0 Å². The lowest BCUT2D eigenvalue weighted by molar-refractivity contribution is 0.0690. The molecule has 1 amide bonds. The first-order valence-corrected chi connectivity index (χ1v) is 5.33. The van der Waals surface area contributed by atoms with Gasteiger partial charge in [0.15, 0.2) is 0 Å². The van der Waals surface area contributed by atoms with Crippen molar-refractivity contribution in [1.29, 1.82) is 0 Å². The molecule has 19 heavy (non-hydrogen) atoms. The Labute approximate surface area is 107 Å². The number of pyridine rings is 1. The van der Waals surface area contributed by atoms with Crippen LogP contribution in [0.4, 0.5) is 10.1 Å². The Morgan fingerprint density at radius 3 is 2.63 bits per heavy atom. The van der Waals surface area contributed by atoms with E-state index in [-0.39, 0.29) is 16.9 Å². The molecule has 0 saturated heterocycles. The summed E-state index contributed by atoms with van der Waals surface area (Å²) in [6.07, 6.45) is 1.25. The molecule has 0 aliphatic heterocycles. The van der Waals surface area contributed by atoms with Crippen LogP contribution in [0.1, 0.15) is 20.8 Å². The number of nitrogens with zero attached hydrogens (tertiary/aromatic N) is 1. The normalized spacial score (nSPS) is 9.95. The number of hydrogen-bond acceptors (Lipinski definition) is 3. The number of carboxylic acid groups (broad SMARTS) is 1. The average molecular weight is 260 g/mol. The largest absolute Gasteiger partial charge is 0.477 e. The fraction of sp³-hybridized carbons (Fsp3) is 0. The van der Waals surface area contributed by atoms with Gasteiger partial charge in [-0.05, 0) is 24.3 Å². The SMILES string of the molecule is O=C(O)c1cc(NC(=O)c2ccccc2F)ccn1. The average Bonchev–Trinajstić information content (AvgIpc) is 2.39. The summed E-state index contributed by atoms with van der Waals surface area (Å²) < 4.78 is 13.4. The van der Waals surface area contributed by atoms with E-state index >= 15 is 0 Å². The van der Waals surface area contributed by atoms with Crippen LogP contribution in [0.15, 0.2) is 42.6 Å². The number of amides is 1. The van der Waals surface area contributed by atoms with Crippen LogP contribution in [0.3, 0.4) is 0 Å². The summed E-state index contributed by atoms with van der Waals surface area (Å²) in [5.74, 6) is -2.50. The van der Waals surface area contributed by atoms with Crippen LogP contribution in [0.25, 0.3) is 0 Å². The summed E-state index contributed by atoms with van der Waals surface area (Å²) in [6, 6.07) is 8.13. The number of hydrogen-bond donors (Lipinski definition) is 2. The first-order valence-electron chi connectivity index (χ1n) is 5.33. The van der Waals surface area contributed by atoms with Gasteiger partial charge in [0.05, 0.1) is 5.56 Å². The van der Waals surface area contributed by atoms with Gasteiger partial charge >= 0.3 is 5.97 Å². The van der Waals surface area contributed by atoms with E-state index < -0.39 is 17.7 Å². The number of aromatic nitrogens is 1. The van der Waals surface area contributed by atoms with E-state index in [0.717, 1.165) is 0 Å². The molecule has 96 valence electrons. The molecule has 0 unspecified atom stereocenters. The number of halogens is 1. The highest BCUT2D eigenvalue weighted by atomic mass is 19.1. The fourth-order valence-corrected chi connectivity index (χ4v) is 1.47. The Morgan fingerprint density at radius 1 is 1.21 bits per heavy atom. The van der Waals surface area contributed by atoms with Crippen LogP contribution in [0.2, 0.25) is 0 Å². The van der Waals surface area contributed by atoms with E-state index in [4.69, 9.17) is 5.11 Å². The maximum absolute atomic E-state index is 13.4. The Bertz CT molecular complexity index is 643. The lowest BCUT2D eigenvalue weighted by Gasteiger charge is -2.06. The maximum atomic E-state index is 13.4. The van der Waals surface area contributed by atoms with E-state index in [1.165, 1.54) is 42.6 Å². The van der Waals surface area contributed by atoms with Crippen LogP contribution in [0.5, 0.6) is 0 Å². The van der Waals surface area contributed by atoms with Gasteiger partial charge in [0.25, 0.3) is 5.91 Å². The van der Waals surface area contributed by atoms with Gasteiger partial charge in [0, 0.05) is 11.9 Å².